The summed E-state index contributed by atoms with van der Waals surface area (Å²) in [6.07, 6.45) is 1.87. The van der Waals surface area contributed by atoms with E-state index in [9.17, 15) is 13.2 Å². The first-order chi connectivity index (χ1) is 7.45. The summed E-state index contributed by atoms with van der Waals surface area (Å²) in [7, 11) is 1.56. The zero-order valence-corrected chi connectivity index (χ0v) is 10.3. The Morgan fingerprint density at radius 1 is 1.50 bits per heavy atom. The van der Waals surface area contributed by atoms with E-state index in [-0.39, 0.29) is 18.9 Å². The Bertz CT molecular complexity index is 401. The van der Waals surface area contributed by atoms with Crippen LogP contribution in [0.1, 0.15) is 25.7 Å². The molecule has 16 heavy (non-hydrogen) atoms. The molecule has 5 nitrogen and oxygen atoms in total. The first-order valence-electron chi connectivity index (χ1n) is 5.03. The van der Waals surface area contributed by atoms with E-state index in [1.54, 1.807) is 0 Å². The van der Waals surface area contributed by atoms with Gasteiger partial charge < -0.3 is 4.90 Å². The quantitative estimate of drug-likeness (QED) is 0.545. The van der Waals surface area contributed by atoms with Gasteiger partial charge in [-0.3, -0.25) is 4.79 Å². The summed E-state index contributed by atoms with van der Waals surface area (Å²) in [5.74, 6) is -0.175. The topological polar surface area (TPSA) is 78.2 Å². The molecule has 0 aromatic rings. The Morgan fingerprint density at radius 2 is 2.19 bits per heavy atom. The number of halogens is 1. The number of hydrogen-bond donors (Lipinski definition) is 0. The molecule has 1 fully saturated rings. The lowest BCUT2D eigenvalue weighted by atomic mass is 10.2. The van der Waals surface area contributed by atoms with Crippen LogP contribution in [0.2, 0.25) is 0 Å². The lowest BCUT2D eigenvalue weighted by Gasteiger charge is -2.15. The first-order valence-corrected chi connectivity index (χ1v) is 7.40. The van der Waals surface area contributed by atoms with E-state index < -0.39 is 14.3 Å². The molecule has 0 aliphatic carbocycles. The summed E-state index contributed by atoms with van der Waals surface area (Å²) in [6.45, 7) is 0.681. The van der Waals surface area contributed by atoms with Crippen LogP contribution in [0.3, 0.4) is 0 Å². The maximum Gasteiger partial charge on any atom is 0.237 e. The molecule has 1 saturated heterocycles. The fourth-order valence-electron chi connectivity index (χ4n) is 1.65. The highest BCUT2D eigenvalue weighted by atomic mass is 35.7. The van der Waals surface area contributed by atoms with Crippen LogP contribution in [0.25, 0.3) is 0 Å². The van der Waals surface area contributed by atoms with E-state index in [0.717, 1.165) is 6.42 Å². The fraction of sp³-hybridized carbons (Fsp3) is 0.778. The highest BCUT2D eigenvalue weighted by Gasteiger charge is 2.36. The van der Waals surface area contributed by atoms with Crippen molar-refractivity contribution in [3.8, 4) is 6.07 Å². The minimum atomic E-state index is -3.65. The van der Waals surface area contributed by atoms with Crippen LogP contribution < -0.4 is 0 Å². The van der Waals surface area contributed by atoms with Gasteiger partial charge in [-0.25, -0.2) is 8.42 Å². The molecule has 7 heteroatoms. The van der Waals surface area contributed by atoms with Crippen molar-refractivity contribution in [2.75, 3.05) is 13.1 Å². The number of unbranched alkanes of at least 4 members (excludes halogenated alkanes) is 2. The Hall–Kier alpha value is -0.800. The second-order valence-electron chi connectivity index (χ2n) is 3.76. The van der Waals surface area contributed by atoms with Crippen LogP contribution in [0.15, 0.2) is 0 Å². The maximum absolute atomic E-state index is 11.4. The van der Waals surface area contributed by atoms with Crippen molar-refractivity contribution in [2.24, 2.45) is 0 Å². The molecule has 1 unspecified atom stereocenters. The second-order valence-corrected chi connectivity index (χ2v) is 6.66. The van der Waals surface area contributed by atoms with Crippen molar-refractivity contribution in [1.82, 2.24) is 4.90 Å². The van der Waals surface area contributed by atoms with E-state index in [2.05, 4.69) is 0 Å². The minimum absolute atomic E-state index is 0.0237. The number of nitrogens with zero attached hydrogens (tertiary/aromatic N) is 2. The summed E-state index contributed by atoms with van der Waals surface area (Å²) < 4.78 is 22.1. The highest BCUT2D eigenvalue weighted by molar-refractivity contribution is 8.14. The van der Waals surface area contributed by atoms with Crippen molar-refractivity contribution >= 4 is 25.6 Å². The maximum atomic E-state index is 11.4. The van der Waals surface area contributed by atoms with E-state index in [0.29, 0.717) is 19.4 Å². The normalized spacial score (nSPS) is 21.1. The largest absolute Gasteiger partial charge is 0.341 e. The molecule has 1 atom stereocenters. The van der Waals surface area contributed by atoms with Gasteiger partial charge in [0, 0.05) is 36.6 Å². The van der Waals surface area contributed by atoms with Gasteiger partial charge in [-0.2, -0.15) is 5.26 Å². The zero-order chi connectivity index (χ0) is 12.2. The Labute approximate surface area is 99.4 Å². The van der Waals surface area contributed by atoms with Crippen molar-refractivity contribution in [3.63, 3.8) is 0 Å². The Balaban J connectivity index is 2.41. The van der Waals surface area contributed by atoms with E-state index >= 15 is 0 Å². The second kappa shape index (κ2) is 5.51. The first kappa shape index (κ1) is 13.3. The number of carbonyl (C=O) groups is 1. The lowest BCUT2D eigenvalue weighted by molar-refractivity contribution is -0.127. The molecule has 90 valence electrons. The molecule has 0 bridgehead atoms. The average Bonchev–Trinajstić information content (AvgIpc) is 2.55. The Morgan fingerprint density at radius 3 is 2.69 bits per heavy atom. The van der Waals surface area contributed by atoms with Crippen molar-refractivity contribution in [2.45, 2.75) is 30.9 Å². The summed E-state index contributed by atoms with van der Waals surface area (Å²) in [4.78, 5) is 12.9. The number of rotatable bonds is 5. The molecule has 1 rings (SSSR count). The third-order valence-corrected chi connectivity index (χ3v) is 4.41. The van der Waals surface area contributed by atoms with Crippen molar-refractivity contribution in [1.29, 1.82) is 5.26 Å². The smallest absolute Gasteiger partial charge is 0.237 e. The lowest BCUT2D eigenvalue weighted by Crippen LogP contribution is -2.28. The number of amides is 1. The SMILES string of the molecule is N#CCCCCN1CC(S(=O)(=O)Cl)CC1=O. The molecule has 0 radical (unpaired) electrons. The fourth-order valence-corrected chi connectivity index (χ4v) is 2.70. The van der Waals surface area contributed by atoms with Gasteiger partial charge in [0.25, 0.3) is 0 Å². The molecule has 1 amide bonds. The van der Waals surface area contributed by atoms with Gasteiger partial charge in [0.05, 0.1) is 6.07 Å². The molecular formula is C9H13ClN2O3S. The molecular weight excluding hydrogens is 252 g/mol. The molecule has 0 N–H and O–H groups in total. The summed E-state index contributed by atoms with van der Waals surface area (Å²) in [5, 5.41) is 7.55. The van der Waals surface area contributed by atoms with E-state index in [4.69, 9.17) is 15.9 Å². The van der Waals surface area contributed by atoms with Crippen LogP contribution in [0.5, 0.6) is 0 Å². The molecule has 0 saturated carbocycles. The van der Waals surface area contributed by atoms with Gasteiger partial charge in [0.1, 0.15) is 5.25 Å². The van der Waals surface area contributed by atoms with Crippen molar-refractivity contribution < 1.29 is 13.2 Å². The number of likely N-dealkylation sites (tertiary alicyclic amines) is 1. The van der Waals surface area contributed by atoms with Crippen LogP contribution in [-0.2, 0) is 13.8 Å². The van der Waals surface area contributed by atoms with Crippen LogP contribution >= 0.6 is 10.7 Å². The van der Waals surface area contributed by atoms with Crippen molar-refractivity contribution in [3.05, 3.63) is 0 Å². The molecule has 1 aliphatic heterocycles. The summed E-state index contributed by atoms with van der Waals surface area (Å²) >= 11 is 0. The van der Waals surface area contributed by atoms with Gasteiger partial charge >= 0.3 is 0 Å². The van der Waals surface area contributed by atoms with Gasteiger partial charge in [0.15, 0.2) is 0 Å². The molecule has 0 aromatic carbocycles. The van der Waals surface area contributed by atoms with Gasteiger partial charge in [0.2, 0.25) is 15.0 Å². The number of hydrogen-bond acceptors (Lipinski definition) is 4. The summed E-state index contributed by atoms with van der Waals surface area (Å²) in [6, 6.07) is 2.02. The standard InChI is InChI=1S/C9H13ClN2O3S/c10-16(14,15)8-6-9(13)12(7-8)5-3-1-2-4-11/h8H,1-3,5-7H2. The van der Waals surface area contributed by atoms with Gasteiger partial charge in [-0.15, -0.1) is 0 Å². The predicted octanol–water partition coefficient (Wildman–Crippen LogP) is 0.850. The van der Waals surface area contributed by atoms with Gasteiger partial charge in [-0.1, -0.05) is 0 Å². The molecule has 1 heterocycles. The van der Waals surface area contributed by atoms with Gasteiger partial charge in [-0.05, 0) is 12.8 Å². The number of nitriles is 1. The molecule has 1 aliphatic rings. The summed E-state index contributed by atoms with van der Waals surface area (Å²) in [5.41, 5.74) is 0. The average molecular weight is 265 g/mol. The van der Waals surface area contributed by atoms with E-state index in [1.807, 2.05) is 6.07 Å². The van der Waals surface area contributed by atoms with E-state index in [1.165, 1.54) is 4.90 Å². The third-order valence-electron chi connectivity index (χ3n) is 2.54. The van der Waals surface area contributed by atoms with Crippen LogP contribution in [-0.4, -0.2) is 37.6 Å². The highest BCUT2D eigenvalue weighted by Crippen LogP contribution is 2.21. The van der Waals surface area contributed by atoms with Crippen LogP contribution in [0.4, 0.5) is 0 Å². The minimum Gasteiger partial charge on any atom is -0.341 e. The van der Waals surface area contributed by atoms with Crippen LogP contribution in [0, 0.1) is 11.3 Å². The predicted molar refractivity (Wildman–Crippen MR) is 59.2 cm³/mol. The zero-order valence-electron chi connectivity index (χ0n) is 8.73. The number of carbonyl (C=O) groups excluding carboxylic acids is 1. The molecule has 0 spiro atoms. The molecule has 0 aromatic heterocycles. The Kier molecular flexibility index (Phi) is 4.56. The third kappa shape index (κ3) is 3.65. The monoisotopic (exact) mass is 264 g/mol.